The van der Waals surface area contributed by atoms with Gasteiger partial charge in [0.15, 0.2) is 0 Å². The number of nitrogens with zero attached hydrogens (tertiary/aromatic N) is 2. The normalized spacial score (nSPS) is 15.2. The first kappa shape index (κ1) is 46.7. The summed E-state index contributed by atoms with van der Waals surface area (Å²) in [5, 5.41) is 41.6. The first-order valence-electron chi connectivity index (χ1n) is 19.7. The van der Waals surface area contributed by atoms with E-state index in [2.05, 4.69) is 37.2 Å². The van der Waals surface area contributed by atoms with Gasteiger partial charge in [-0.1, -0.05) is 56.3 Å². The van der Waals surface area contributed by atoms with Crippen molar-refractivity contribution < 1.29 is 43.4 Å². The van der Waals surface area contributed by atoms with E-state index in [1.807, 2.05) is 44.2 Å². The fraction of sp³-hybridized carbons (Fsp3) is 0.415. The lowest BCUT2D eigenvalue weighted by molar-refractivity contribution is -0.393. The highest BCUT2D eigenvalue weighted by molar-refractivity contribution is 5.95. The van der Waals surface area contributed by atoms with Crippen LogP contribution in [0.1, 0.15) is 51.2 Å². The van der Waals surface area contributed by atoms with Crippen LogP contribution < -0.4 is 42.0 Å². The molecule has 1 heterocycles. The van der Waals surface area contributed by atoms with Crippen molar-refractivity contribution in [1.29, 1.82) is 0 Å². The van der Waals surface area contributed by atoms with Crippen LogP contribution in [0.5, 0.6) is 5.75 Å². The van der Waals surface area contributed by atoms with Crippen molar-refractivity contribution in [2.24, 2.45) is 5.92 Å². The zero-order valence-corrected chi connectivity index (χ0v) is 34.0. The summed E-state index contributed by atoms with van der Waals surface area (Å²) in [6.07, 6.45) is 2.07. The minimum atomic E-state index is -1.51. The van der Waals surface area contributed by atoms with Gasteiger partial charge in [0, 0.05) is 19.0 Å². The van der Waals surface area contributed by atoms with Crippen molar-refractivity contribution in [3.8, 4) is 5.75 Å². The van der Waals surface area contributed by atoms with Gasteiger partial charge in [0.2, 0.25) is 29.5 Å². The maximum Gasteiger partial charge on any atom is 0.299 e. The lowest BCUT2D eigenvalue weighted by Gasteiger charge is -2.25. The van der Waals surface area contributed by atoms with Gasteiger partial charge in [-0.05, 0) is 68.0 Å². The second-order valence-electron chi connectivity index (χ2n) is 14.9. The molecule has 1 fully saturated rings. The lowest BCUT2D eigenvalue weighted by Crippen LogP contribution is -2.58. The number of ether oxygens (including phenoxy) is 1. The van der Waals surface area contributed by atoms with Crippen molar-refractivity contribution in [3.63, 3.8) is 0 Å². The minimum absolute atomic E-state index is 0.0188. The molecule has 1 saturated heterocycles. The molecule has 1 aliphatic rings. The van der Waals surface area contributed by atoms with Crippen LogP contribution >= 0.6 is 0 Å². The van der Waals surface area contributed by atoms with Crippen LogP contribution in [0.4, 0.5) is 17.1 Å². The molecule has 0 saturated carbocycles. The molecule has 61 heavy (non-hydrogen) atoms. The molecule has 4 rings (SSSR count). The van der Waals surface area contributed by atoms with E-state index in [0.717, 1.165) is 30.2 Å². The van der Waals surface area contributed by atoms with Crippen LogP contribution in [0, 0.1) is 26.1 Å². The summed E-state index contributed by atoms with van der Waals surface area (Å²) in [7, 11) is 0. The molecule has 3 aromatic rings. The molecule has 0 radical (unpaired) electrons. The molecule has 3 aromatic carbocycles. The summed E-state index contributed by atoms with van der Waals surface area (Å²) in [4.78, 5) is 99.7. The molecule has 5 atom stereocenters. The fourth-order valence-electron chi connectivity index (χ4n) is 6.31. The van der Waals surface area contributed by atoms with E-state index >= 15 is 0 Å². The molecule has 5 amide bonds. The third-order valence-electron chi connectivity index (χ3n) is 9.50. The SMILES string of the molecule is CC(C)C[C@H](NC(=O)[C@@H]1CCCN1)C(=O)NCC(=O)N[C@@H](Cc1ccc(OCc2ccccc2)cc1)C(=O)N[C@@H](CNc1ccc([N+](=O)[O-])cc1[N+](=O)[O-])C(=O)N[C@@H](C)C=O. The third kappa shape index (κ3) is 15.0. The number of hydrogen-bond donors (Lipinski definition) is 7. The number of non-ortho nitro benzene ring substituents is 1. The molecule has 0 unspecified atom stereocenters. The monoisotopic (exact) mass is 845 g/mol. The molecular formula is C41H51N9O11. The molecule has 0 spiro atoms. The average Bonchev–Trinajstić information content (AvgIpc) is 3.79. The summed E-state index contributed by atoms with van der Waals surface area (Å²) >= 11 is 0. The maximum atomic E-state index is 14.0. The maximum absolute atomic E-state index is 14.0. The number of benzene rings is 3. The Morgan fingerprint density at radius 2 is 1.52 bits per heavy atom. The van der Waals surface area contributed by atoms with E-state index in [9.17, 15) is 49.0 Å². The van der Waals surface area contributed by atoms with Crippen molar-refractivity contribution in [1.82, 2.24) is 31.9 Å². The predicted octanol–water partition coefficient (Wildman–Crippen LogP) is 1.81. The number of hydrogen-bond acceptors (Lipinski definition) is 13. The van der Waals surface area contributed by atoms with Crippen molar-refractivity contribution in [3.05, 3.63) is 104 Å². The molecular weight excluding hydrogens is 795 g/mol. The number of rotatable bonds is 23. The zero-order valence-electron chi connectivity index (χ0n) is 34.0. The summed E-state index contributed by atoms with van der Waals surface area (Å²) < 4.78 is 5.87. The molecule has 20 heteroatoms. The number of carbonyl (C=O) groups is 6. The van der Waals surface area contributed by atoms with E-state index in [4.69, 9.17) is 4.74 Å². The Labute approximate surface area is 351 Å². The van der Waals surface area contributed by atoms with Gasteiger partial charge in [-0.3, -0.25) is 44.2 Å². The van der Waals surface area contributed by atoms with Crippen LogP contribution in [-0.2, 0) is 41.8 Å². The number of nitro groups is 2. The van der Waals surface area contributed by atoms with Gasteiger partial charge in [-0.2, -0.15) is 0 Å². The number of nitrogens with one attached hydrogen (secondary N) is 7. The van der Waals surface area contributed by atoms with Gasteiger partial charge in [-0.25, -0.2) is 0 Å². The van der Waals surface area contributed by atoms with Crippen LogP contribution in [0.2, 0.25) is 0 Å². The van der Waals surface area contributed by atoms with Gasteiger partial charge < -0.3 is 46.7 Å². The van der Waals surface area contributed by atoms with E-state index in [-0.39, 0.29) is 23.9 Å². The summed E-state index contributed by atoms with van der Waals surface area (Å²) in [5.41, 5.74) is 0.0851. The fourth-order valence-corrected chi connectivity index (χ4v) is 6.31. The molecule has 20 nitrogen and oxygen atoms in total. The first-order chi connectivity index (χ1) is 29.1. The molecule has 1 aliphatic heterocycles. The Hall–Kier alpha value is -6.96. The van der Waals surface area contributed by atoms with E-state index < -0.39 is 88.1 Å². The number of carbonyl (C=O) groups excluding carboxylic acids is 6. The minimum Gasteiger partial charge on any atom is -0.489 e. The van der Waals surface area contributed by atoms with Gasteiger partial charge in [0.25, 0.3) is 11.4 Å². The van der Waals surface area contributed by atoms with Gasteiger partial charge in [0.1, 0.15) is 42.5 Å². The topological polar surface area (TPSA) is 282 Å². The Morgan fingerprint density at radius 1 is 0.820 bits per heavy atom. The number of anilines is 1. The largest absolute Gasteiger partial charge is 0.489 e. The highest BCUT2D eigenvalue weighted by atomic mass is 16.6. The number of amides is 5. The van der Waals surface area contributed by atoms with E-state index in [1.54, 1.807) is 24.3 Å². The van der Waals surface area contributed by atoms with Crippen LogP contribution in [0.25, 0.3) is 0 Å². The Balaban J connectivity index is 1.53. The molecule has 0 bridgehead atoms. The smallest absolute Gasteiger partial charge is 0.299 e. The molecule has 0 aromatic heterocycles. The van der Waals surface area contributed by atoms with Gasteiger partial charge in [-0.15, -0.1) is 0 Å². The molecule has 7 N–H and O–H groups in total. The van der Waals surface area contributed by atoms with Crippen molar-refractivity contribution in [2.75, 3.05) is 25.0 Å². The van der Waals surface area contributed by atoms with E-state index in [0.29, 0.717) is 43.6 Å². The van der Waals surface area contributed by atoms with Crippen LogP contribution in [-0.4, -0.2) is 95.5 Å². The first-order valence-corrected chi connectivity index (χ1v) is 19.7. The summed E-state index contributed by atoms with van der Waals surface area (Å²) in [6, 6.07) is 13.8. The molecule has 326 valence electrons. The number of nitro benzene ring substituents is 2. The second kappa shape index (κ2) is 23.0. The van der Waals surface area contributed by atoms with Gasteiger partial charge >= 0.3 is 0 Å². The average molecular weight is 846 g/mol. The Morgan fingerprint density at radius 3 is 2.15 bits per heavy atom. The second-order valence-corrected chi connectivity index (χ2v) is 14.9. The quantitative estimate of drug-likeness (QED) is 0.0408. The van der Waals surface area contributed by atoms with E-state index in [1.165, 1.54) is 6.92 Å². The highest BCUT2D eigenvalue weighted by Gasteiger charge is 2.31. The van der Waals surface area contributed by atoms with Crippen molar-refractivity contribution in [2.45, 2.75) is 83.3 Å². The Kier molecular flexibility index (Phi) is 17.6. The zero-order chi connectivity index (χ0) is 44.5. The van der Waals surface area contributed by atoms with Crippen LogP contribution in [0.3, 0.4) is 0 Å². The Bertz CT molecular complexity index is 2030. The predicted molar refractivity (Wildman–Crippen MR) is 222 cm³/mol. The van der Waals surface area contributed by atoms with Crippen molar-refractivity contribution >= 4 is 52.9 Å². The number of aldehydes is 1. The van der Waals surface area contributed by atoms with Crippen LogP contribution in [0.15, 0.2) is 72.8 Å². The molecule has 0 aliphatic carbocycles. The van der Waals surface area contributed by atoms with Gasteiger partial charge in [0.05, 0.1) is 34.5 Å². The lowest BCUT2D eigenvalue weighted by atomic mass is 10.0. The summed E-state index contributed by atoms with van der Waals surface area (Å²) in [6.45, 7) is 5.06. The third-order valence-corrected chi connectivity index (χ3v) is 9.50. The standard InChI is InChI=1S/C41H51N9O11/c1-25(2)18-33(47-39(54)32-10-7-17-42-32)38(53)44-22-37(52)46-34(19-27-11-14-30(15-12-27)61-24-28-8-5-4-6-9-28)40(55)48-35(41(56)45-26(3)23-51)21-43-31-16-13-29(49(57)58)20-36(31)50(59)60/h4-6,8-9,11-16,20,23,25-26,32-35,42-43H,7,10,17-19,21-22,24H2,1-3H3,(H,44,53)(H,45,56)(H,46,52)(H,47,54)(H,48,55)/t26-,32-,33-,34-,35-/m0/s1. The summed E-state index contributed by atoms with van der Waals surface area (Å²) in [5.74, 6) is -2.90. The highest BCUT2D eigenvalue weighted by Crippen LogP contribution is 2.29.